The largest absolute Gasteiger partial charge is 0.478 e. The lowest BCUT2D eigenvalue weighted by molar-refractivity contribution is -0.384. The fourth-order valence-corrected chi connectivity index (χ4v) is 2.13. The molecule has 1 aromatic heterocycles. The van der Waals surface area contributed by atoms with Crippen LogP contribution in [-0.4, -0.2) is 27.5 Å². The van der Waals surface area contributed by atoms with E-state index in [1.54, 1.807) is 0 Å². The van der Waals surface area contributed by atoms with E-state index in [1.807, 2.05) is 0 Å². The number of aromatic carboxylic acids is 1. The van der Waals surface area contributed by atoms with Gasteiger partial charge in [0.05, 0.1) is 10.5 Å². The van der Waals surface area contributed by atoms with Gasteiger partial charge in [-0.25, -0.2) is 9.78 Å². The molecule has 0 fully saturated rings. The molecule has 0 saturated carbocycles. The number of hydrogen-bond donors (Lipinski definition) is 2. The van der Waals surface area contributed by atoms with E-state index in [0.717, 1.165) is 31.5 Å². The first-order chi connectivity index (χ1) is 9.58. The average molecular weight is 277 g/mol. The van der Waals surface area contributed by atoms with E-state index in [9.17, 15) is 14.9 Å². The molecule has 106 valence electrons. The lowest BCUT2D eigenvalue weighted by Crippen LogP contribution is -2.17. The maximum atomic E-state index is 11.0. The molecular formula is C13H15N3O4. The quantitative estimate of drug-likeness (QED) is 0.486. The molecule has 1 atom stereocenters. The van der Waals surface area contributed by atoms with E-state index in [1.165, 1.54) is 0 Å². The van der Waals surface area contributed by atoms with Crippen LogP contribution in [0.25, 0.3) is 0 Å². The highest BCUT2D eigenvalue weighted by atomic mass is 16.6. The van der Waals surface area contributed by atoms with Gasteiger partial charge < -0.3 is 10.4 Å². The number of hydrogen-bond acceptors (Lipinski definition) is 5. The number of aromatic nitrogens is 1. The molecule has 0 spiro atoms. The van der Waals surface area contributed by atoms with Crippen LogP contribution in [0.2, 0.25) is 0 Å². The minimum atomic E-state index is -1.23. The molecule has 1 unspecified atom stereocenters. The predicted molar refractivity (Wildman–Crippen MR) is 72.8 cm³/mol. The molecule has 7 nitrogen and oxygen atoms in total. The molecule has 20 heavy (non-hydrogen) atoms. The monoisotopic (exact) mass is 277 g/mol. The zero-order valence-corrected chi connectivity index (χ0v) is 10.8. The number of anilines is 1. The third kappa shape index (κ3) is 3.31. The van der Waals surface area contributed by atoms with Gasteiger partial charge >= 0.3 is 11.7 Å². The number of rotatable bonds is 5. The molecular weight excluding hydrogens is 262 g/mol. The van der Waals surface area contributed by atoms with Crippen molar-refractivity contribution in [3.8, 4) is 0 Å². The fraction of sp³-hybridized carbons (Fsp3) is 0.385. The molecule has 0 aliphatic heterocycles. The summed E-state index contributed by atoms with van der Waals surface area (Å²) in [4.78, 5) is 25.0. The number of allylic oxidation sites excluding steroid dienone is 2. The maximum absolute atomic E-state index is 11.0. The van der Waals surface area contributed by atoms with Gasteiger partial charge in [0, 0.05) is 18.8 Å². The smallest absolute Gasteiger partial charge is 0.337 e. The van der Waals surface area contributed by atoms with Crippen LogP contribution in [-0.2, 0) is 0 Å². The highest BCUT2D eigenvalue weighted by Crippen LogP contribution is 2.25. The summed E-state index contributed by atoms with van der Waals surface area (Å²) < 4.78 is 0. The van der Waals surface area contributed by atoms with Gasteiger partial charge in [-0.05, 0) is 25.2 Å². The summed E-state index contributed by atoms with van der Waals surface area (Å²) in [5.41, 5.74) is -0.501. The van der Waals surface area contributed by atoms with Crippen molar-refractivity contribution in [1.82, 2.24) is 4.98 Å². The van der Waals surface area contributed by atoms with Crippen molar-refractivity contribution in [1.29, 1.82) is 0 Å². The van der Waals surface area contributed by atoms with Gasteiger partial charge in [-0.3, -0.25) is 10.1 Å². The second-order valence-electron chi connectivity index (χ2n) is 4.69. The molecule has 0 saturated heterocycles. The lowest BCUT2D eigenvalue weighted by Gasteiger charge is -2.18. The highest BCUT2D eigenvalue weighted by Gasteiger charge is 2.20. The Kier molecular flexibility index (Phi) is 4.29. The molecule has 0 amide bonds. The van der Waals surface area contributed by atoms with E-state index >= 15 is 0 Å². The van der Waals surface area contributed by atoms with Crippen molar-refractivity contribution in [2.45, 2.75) is 19.3 Å². The molecule has 0 bridgehead atoms. The second-order valence-corrected chi connectivity index (χ2v) is 4.69. The Hall–Kier alpha value is -2.44. The predicted octanol–water partition coefficient (Wildman–Crippen LogP) is 2.46. The van der Waals surface area contributed by atoms with Crippen molar-refractivity contribution in [2.75, 3.05) is 11.9 Å². The normalized spacial score (nSPS) is 17.7. The van der Waals surface area contributed by atoms with Crippen molar-refractivity contribution in [3.63, 3.8) is 0 Å². The lowest BCUT2D eigenvalue weighted by atomic mass is 9.94. The summed E-state index contributed by atoms with van der Waals surface area (Å²) in [6, 6.07) is 1.03. The molecule has 2 N–H and O–H groups in total. The number of pyridine rings is 1. The van der Waals surface area contributed by atoms with Crippen LogP contribution in [0.3, 0.4) is 0 Å². The first-order valence-electron chi connectivity index (χ1n) is 6.34. The van der Waals surface area contributed by atoms with Crippen LogP contribution in [0.5, 0.6) is 0 Å². The number of carbonyl (C=O) groups is 1. The van der Waals surface area contributed by atoms with Crippen LogP contribution in [0.4, 0.5) is 11.5 Å². The first kappa shape index (κ1) is 14.0. The van der Waals surface area contributed by atoms with Gasteiger partial charge in [-0.1, -0.05) is 12.2 Å². The van der Waals surface area contributed by atoms with Crippen molar-refractivity contribution in [2.24, 2.45) is 5.92 Å². The van der Waals surface area contributed by atoms with Crippen molar-refractivity contribution < 1.29 is 14.8 Å². The third-order valence-electron chi connectivity index (χ3n) is 3.25. The molecule has 1 aromatic rings. The Morgan fingerprint density at radius 3 is 2.95 bits per heavy atom. The first-order valence-corrected chi connectivity index (χ1v) is 6.34. The van der Waals surface area contributed by atoms with Gasteiger partial charge in [0.2, 0.25) is 5.82 Å². The minimum absolute atomic E-state index is 0.120. The Bertz CT molecular complexity index is 557. The molecule has 1 heterocycles. The summed E-state index contributed by atoms with van der Waals surface area (Å²) >= 11 is 0. The molecule has 1 aliphatic rings. The van der Waals surface area contributed by atoms with Crippen LogP contribution in [0.15, 0.2) is 24.4 Å². The fourth-order valence-electron chi connectivity index (χ4n) is 2.13. The summed E-state index contributed by atoms with van der Waals surface area (Å²) in [6.07, 6.45) is 8.33. The van der Waals surface area contributed by atoms with Gasteiger partial charge in [0.25, 0.3) is 0 Å². The zero-order valence-electron chi connectivity index (χ0n) is 10.8. The Morgan fingerprint density at radius 2 is 2.35 bits per heavy atom. The van der Waals surface area contributed by atoms with Crippen LogP contribution in [0.1, 0.15) is 29.6 Å². The summed E-state index contributed by atoms with van der Waals surface area (Å²) in [7, 11) is 0. The van der Waals surface area contributed by atoms with E-state index in [2.05, 4.69) is 22.5 Å². The van der Waals surface area contributed by atoms with Crippen LogP contribution < -0.4 is 5.32 Å². The Balaban J connectivity index is 2.12. The minimum Gasteiger partial charge on any atom is -0.478 e. The number of nitro groups is 1. The van der Waals surface area contributed by atoms with Crippen LogP contribution >= 0.6 is 0 Å². The zero-order chi connectivity index (χ0) is 14.5. The van der Waals surface area contributed by atoms with Crippen molar-refractivity contribution in [3.05, 3.63) is 40.1 Å². The molecule has 7 heteroatoms. The maximum Gasteiger partial charge on any atom is 0.337 e. The standard InChI is InChI=1S/C13H15N3O4/c17-13(18)10-6-11(16(19)20)12(15-8-10)14-7-9-4-2-1-3-5-9/h1-2,6,8-9H,3-5,7H2,(H,14,15)(H,17,18). The van der Waals surface area contributed by atoms with E-state index < -0.39 is 10.9 Å². The van der Waals surface area contributed by atoms with Gasteiger partial charge in [-0.15, -0.1) is 0 Å². The molecule has 2 rings (SSSR count). The van der Waals surface area contributed by atoms with E-state index in [-0.39, 0.29) is 17.1 Å². The number of nitrogens with zero attached hydrogens (tertiary/aromatic N) is 2. The molecule has 1 aliphatic carbocycles. The van der Waals surface area contributed by atoms with E-state index in [4.69, 9.17) is 5.11 Å². The summed E-state index contributed by atoms with van der Waals surface area (Å²) in [5.74, 6) is -0.695. The second kappa shape index (κ2) is 6.14. The molecule has 0 radical (unpaired) electrons. The van der Waals surface area contributed by atoms with E-state index in [0.29, 0.717) is 12.5 Å². The van der Waals surface area contributed by atoms with Gasteiger partial charge in [-0.2, -0.15) is 0 Å². The van der Waals surface area contributed by atoms with Crippen molar-refractivity contribution >= 4 is 17.5 Å². The summed E-state index contributed by atoms with van der Waals surface area (Å²) in [5, 5.41) is 22.7. The topological polar surface area (TPSA) is 105 Å². The Labute approximate surface area is 115 Å². The number of carboxylic acids is 1. The SMILES string of the molecule is O=C(O)c1cnc(NCC2CC=CCC2)c([N+](=O)[O-])c1. The highest BCUT2D eigenvalue weighted by molar-refractivity contribution is 5.88. The number of nitrogens with one attached hydrogen (secondary N) is 1. The third-order valence-corrected chi connectivity index (χ3v) is 3.25. The van der Waals surface area contributed by atoms with Crippen LogP contribution in [0, 0.1) is 16.0 Å². The Morgan fingerprint density at radius 1 is 1.55 bits per heavy atom. The molecule has 0 aromatic carbocycles. The van der Waals surface area contributed by atoms with Gasteiger partial charge in [0.1, 0.15) is 0 Å². The average Bonchev–Trinajstić information content (AvgIpc) is 2.45. The number of carboxylic acid groups (broad SMARTS) is 1. The van der Waals surface area contributed by atoms with Gasteiger partial charge in [0.15, 0.2) is 0 Å². The summed E-state index contributed by atoms with van der Waals surface area (Å²) in [6.45, 7) is 0.588.